The lowest BCUT2D eigenvalue weighted by molar-refractivity contribution is 0.0594. The molecule has 0 aliphatic rings. The number of nitrogens with two attached hydrogens (primary N) is 3. The molecule has 0 saturated carbocycles. The Bertz CT molecular complexity index is 744. The molecular formula is C13H15N7O2. The summed E-state index contributed by atoms with van der Waals surface area (Å²) in [6.45, 7) is 0. The van der Waals surface area contributed by atoms with Crippen molar-refractivity contribution in [3.05, 3.63) is 36.0 Å². The van der Waals surface area contributed by atoms with Crippen LogP contribution in [0, 0.1) is 0 Å². The van der Waals surface area contributed by atoms with Crippen LogP contribution in [0.5, 0.6) is 0 Å². The van der Waals surface area contributed by atoms with Gasteiger partial charge in [0.2, 0.25) is 5.96 Å². The zero-order valence-electron chi connectivity index (χ0n) is 11.8. The molecule has 2 rings (SSSR count). The van der Waals surface area contributed by atoms with Crippen molar-refractivity contribution in [3.8, 4) is 11.3 Å². The molecule has 2 aromatic rings. The van der Waals surface area contributed by atoms with E-state index in [2.05, 4.69) is 24.9 Å². The molecule has 0 saturated heterocycles. The third kappa shape index (κ3) is 3.60. The molecule has 1 heterocycles. The molecule has 0 radical (unpaired) electrons. The number of esters is 1. The highest BCUT2D eigenvalue weighted by Crippen LogP contribution is 2.23. The van der Waals surface area contributed by atoms with Crippen molar-refractivity contribution in [3.63, 3.8) is 0 Å². The Labute approximate surface area is 125 Å². The fraction of sp³-hybridized carbons (Fsp3) is 0.0769. The summed E-state index contributed by atoms with van der Waals surface area (Å²) in [6.07, 6.45) is 0. The van der Waals surface area contributed by atoms with Crippen LogP contribution in [0.25, 0.3) is 11.3 Å². The van der Waals surface area contributed by atoms with Crippen molar-refractivity contribution >= 4 is 23.6 Å². The van der Waals surface area contributed by atoms with E-state index in [1.807, 2.05) is 6.07 Å². The number of rotatable bonds is 3. The number of aromatic nitrogens is 2. The third-order valence-corrected chi connectivity index (χ3v) is 2.61. The Morgan fingerprint density at radius 1 is 1.27 bits per heavy atom. The molecule has 114 valence electrons. The van der Waals surface area contributed by atoms with Gasteiger partial charge in [-0.25, -0.2) is 9.79 Å². The van der Waals surface area contributed by atoms with Crippen LogP contribution in [0.2, 0.25) is 0 Å². The molecule has 0 unspecified atom stereocenters. The van der Waals surface area contributed by atoms with Crippen molar-refractivity contribution in [2.24, 2.45) is 27.2 Å². The second kappa shape index (κ2) is 6.39. The number of aromatic amines is 1. The number of carbonyl (C=O) groups is 1. The lowest BCUT2D eigenvalue weighted by Gasteiger charge is -1.99. The topological polar surface area (TPSA) is 158 Å². The molecule has 22 heavy (non-hydrogen) atoms. The minimum atomic E-state index is -0.495. The number of nitrogens with zero attached hydrogens (tertiary/aromatic N) is 3. The van der Waals surface area contributed by atoms with Crippen LogP contribution in [0.4, 0.5) is 5.69 Å². The summed E-state index contributed by atoms with van der Waals surface area (Å²) in [7, 11) is 1.30. The smallest absolute Gasteiger partial charge is 0.356 e. The highest BCUT2D eigenvalue weighted by molar-refractivity contribution is 5.93. The number of carbonyl (C=O) groups excluding carboxylic acids is 1. The molecule has 0 bridgehead atoms. The normalized spacial score (nSPS) is 11.0. The predicted octanol–water partition coefficient (Wildman–Crippen LogP) is 0.0829. The zero-order chi connectivity index (χ0) is 16.1. The monoisotopic (exact) mass is 301 g/mol. The van der Waals surface area contributed by atoms with Crippen LogP contribution in [-0.4, -0.2) is 35.2 Å². The molecule has 1 aromatic carbocycles. The molecule has 0 atom stereocenters. The molecule has 0 amide bonds. The van der Waals surface area contributed by atoms with Crippen molar-refractivity contribution in [1.82, 2.24) is 10.2 Å². The summed E-state index contributed by atoms with van der Waals surface area (Å²) in [5.74, 6) is -0.730. The number of hydrogen-bond acceptors (Lipinski definition) is 4. The van der Waals surface area contributed by atoms with E-state index in [9.17, 15) is 4.79 Å². The average Bonchev–Trinajstić information content (AvgIpc) is 2.95. The largest absolute Gasteiger partial charge is 0.464 e. The lowest BCUT2D eigenvalue weighted by Crippen LogP contribution is -2.26. The van der Waals surface area contributed by atoms with Crippen molar-refractivity contribution in [2.75, 3.05) is 7.11 Å². The number of guanidine groups is 2. The van der Waals surface area contributed by atoms with Gasteiger partial charge in [0.25, 0.3) is 0 Å². The highest BCUT2D eigenvalue weighted by Gasteiger charge is 2.11. The number of H-pyrrole nitrogens is 1. The van der Waals surface area contributed by atoms with Gasteiger partial charge < -0.3 is 21.9 Å². The Morgan fingerprint density at radius 3 is 2.73 bits per heavy atom. The number of nitrogens with one attached hydrogen (secondary N) is 1. The van der Waals surface area contributed by atoms with E-state index in [0.717, 1.165) is 5.56 Å². The second-order valence-corrected chi connectivity index (χ2v) is 4.22. The first-order chi connectivity index (χ1) is 10.5. The maximum atomic E-state index is 11.4. The van der Waals surface area contributed by atoms with Gasteiger partial charge in [-0.3, -0.25) is 5.10 Å². The van der Waals surface area contributed by atoms with E-state index in [-0.39, 0.29) is 17.6 Å². The fourth-order valence-electron chi connectivity index (χ4n) is 1.71. The molecule has 7 N–H and O–H groups in total. The minimum absolute atomic E-state index is 0.0607. The summed E-state index contributed by atoms with van der Waals surface area (Å²) >= 11 is 0. The zero-order valence-corrected chi connectivity index (χ0v) is 11.8. The average molecular weight is 301 g/mol. The van der Waals surface area contributed by atoms with E-state index in [0.29, 0.717) is 11.4 Å². The van der Waals surface area contributed by atoms with Gasteiger partial charge in [0.15, 0.2) is 5.96 Å². The summed E-state index contributed by atoms with van der Waals surface area (Å²) < 4.78 is 4.61. The Balaban J connectivity index is 2.31. The van der Waals surface area contributed by atoms with E-state index in [1.54, 1.807) is 24.3 Å². The van der Waals surface area contributed by atoms with E-state index in [1.165, 1.54) is 7.11 Å². The number of benzene rings is 1. The second-order valence-electron chi connectivity index (χ2n) is 4.22. The Hall–Kier alpha value is -3.36. The van der Waals surface area contributed by atoms with Gasteiger partial charge in [0.1, 0.15) is 5.69 Å². The lowest BCUT2D eigenvalue weighted by atomic mass is 10.1. The first-order valence-corrected chi connectivity index (χ1v) is 6.17. The first kappa shape index (κ1) is 15.0. The Morgan fingerprint density at radius 2 is 2.05 bits per heavy atom. The summed E-state index contributed by atoms with van der Waals surface area (Å²) in [6, 6.07) is 8.61. The van der Waals surface area contributed by atoms with Gasteiger partial charge in [-0.2, -0.15) is 10.1 Å². The SMILES string of the molecule is COC(=O)c1cc(-c2cccc(N=C(N)N=C(N)N)c2)n[nH]1. The maximum absolute atomic E-state index is 11.4. The summed E-state index contributed by atoms with van der Waals surface area (Å²) in [5.41, 5.74) is 18.1. The maximum Gasteiger partial charge on any atom is 0.356 e. The van der Waals surface area contributed by atoms with Crippen molar-refractivity contribution in [2.45, 2.75) is 0 Å². The van der Waals surface area contributed by atoms with Crippen LogP contribution in [0.1, 0.15) is 10.5 Å². The molecule has 0 fully saturated rings. The van der Waals surface area contributed by atoms with Crippen LogP contribution >= 0.6 is 0 Å². The fourth-order valence-corrected chi connectivity index (χ4v) is 1.71. The van der Waals surface area contributed by atoms with Crippen LogP contribution in [0.3, 0.4) is 0 Å². The molecule has 0 aliphatic carbocycles. The van der Waals surface area contributed by atoms with Gasteiger partial charge >= 0.3 is 5.97 Å². The third-order valence-electron chi connectivity index (χ3n) is 2.61. The van der Waals surface area contributed by atoms with Gasteiger partial charge in [0.05, 0.1) is 18.5 Å². The molecule has 0 spiro atoms. The first-order valence-electron chi connectivity index (χ1n) is 6.17. The van der Waals surface area contributed by atoms with E-state index >= 15 is 0 Å². The Kier molecular flexibility index (Phi) is 4.37. The quantitative estimate of drug-likeness (QED) is 0.357. The van der Waals surface area contributed by atoms with E-state index in [4.69, 9.17) is 17.2 Å². The van der Waals surface area contributed by atoms with Gasteiger partial charge in [0, 0.05) is 5.56 Å². The van der Waals surface area contributed by atoms with Crippen LogP contribution in [-0.2, 0) is 4.74 Å². The van der Waals surface area contributed by atoms with Crippen molar-refractivity contribution in [1.29, 1.82) is 0 Å². The summed E-state index contributed by atoms with van der Waals surface area (Å²) in [4.78, 5) is 19.1. The molecule has 0 aliphatic heterocycles. The van der Waals surface area contributed by atoms with Crippen LogP contribution < -0.4 is 17.2 Å². The number of methoxy groups -OCH3 is 1. The van der Waals surface area contributed by atoms with Gasteiger partial charge in [-0.1, -0.05) is 12.1 Å². The van der Waals surface area contributed by atoms with Crippen molar-refractivity contribution < 1.29 is 9.53 Å². The number of ether oxygens (including phenoxy) is 1. The number of hydrogen-bond donors (Lipinski definition) is 4. The standard InChI is InChI=1S/C13H15N7O2/c1-22-11(21)10-6-9(19-20-10)7-3-2-4-8(5-7)17-13(16)18-12(14)15/h2-6H,1H3,(H,19,20)(H6,14,15,16,17,18). The van der Waals surface area contributed by atoms with Gasteiger partial charge in [-0.05, 0) is 18.2 Å². The van der Waals surface area contributed by atoms with Crippen LogP contribution in [0.15, 0.2) is 40.3 Å². The molecule has 1 aromatic heterocycles. The summed E-state index contributed by atoms with van der Waals surface area (Å²) in [5, 5.41) is 6.65. The molecular weight excluding hydrogens is 286 g/mol. The molecule has 9 nitrogen and oxygen atoms in total. The number of aliphatic imine (C=N–C) groups is 2. The molecule has 9 heteroatoms. The van der Waals surface area contributed by atoms with E-state index < -0.39 is 5.97 Å². The van der Waals surface area contributed by atoms with Gasteiger partial charge in [-0.15, -0.1) is 0 Å². The minimum Gasteiger partial charge on any atom is -0.464 e. The predicted molar refractivity (Wildman–Crippen MR) is 82.5 cm³/mol. The highest BCUT2D eigenvalue weighted by atomic mass is 16.5.